The molecule has 0 saturated carbocycles. The predicted molar refractivity (Wildman–Crippen MR) is 87.3 cm³/mol. The van der Waals surface area contributed by atoms with Gasteiger partial charge in [0.2, 0.25) is 0 Å². The fourth-order valence-corrected chi connectivity index (χ4v) is 3.17. The first kappa shape index (κ1) is 14.2. The Morgan fingerprint density at radius 1 is 1.00 bits per heavy atom. The molecule has 0 spiro atoms. The van der Waals surface area contributed by atoms with Crippen LogP contribution in [0.3, 0.4) is 0 Å². The number of thiazole rings is 1. The number of rotatable bonds is 6. The maximum Gasteiger partial charge on any atom is 0.108 e. The molecule has 3 rings (SSSR count). The predicted octanol–water partition coefficient (Wildman–Crippen LogP) is 3.73. The van der Waals surface area contributed by atoms with Crippen molar-refractivity contribution in [3.05, 3.63) is 64.7 Å². The smallest absolute Gasteiger partial charge is 0.108 e. The minimum atomic E-state index is 0.666. The van der Waals surface area contributed by atoms with Crippen LogP contribution in [-0.2, 0) is 24.4 Å². The van der Waals surface area contributed by atoms with Crippen LogP contribution < -0.4 is 5.32 Å². The molecule has 3 aromatic rings. The quantitative estimate of drug-likeness (QED) is 0.753. The summed E-state index contributed by atoms with van der Waals surface area (Å²) in [7, 11) is 1.72. The van der Waals surface area contributed by atoms with Crippen LogP contribution in [0.25, 0.3) is 10.2 Å². The number of nitrogens with one attached hydrogen (secondary N) is 1. The van der Waals surface area contributed by atoms with Crippen molar-refractivity contribution in [1.82, 2.24) is 10.3 Å². The van der Waals surface area contributed by atoms with Crippen LogP contribution in [0.5, 0.6) is 0 Å². The van der Waals surface area contributed by atoms with Crippen LogP contribution in [0.1, 0.15) is 16.1 Å². The Bertz CT molecular complexity index is 673. The maximum absolute atomic E-state index is 5.11. The van der Waals surface area contributed by atoms with Gasteiger partial charge in [0.25, 0.3) is 0 Å². The molecule has 0 aliphatic heterocycles. The Hall–Kier alpha value is -1.75. The van der Waals surface area contributed by atoms with Crippen LogP contribution in [0.2, 0.25) is 0 Å². The van der Waals surface area contributed by atoms with E-state index in [0.29, 0.717) is 6.61 Å². The largest absolute Gasteiger partial charge is 0.380 e. The van der Waals surface area contributed by atoms with Crippen LogP contribution >= 0.6 is 11.3 Å². The van der Waals surface area contributed by atoms with Gasteiger partial charge in [-0.15, -0.1) is 11.3 Å². The first-order valence-electron chi connectivity index (χ1n) is 6.97. The molecule has 3 nitrogen and oxygen atoms in total. The van der Waals surface area contributed by atoms with Crippen molar-refractivity contribution in [2.75, 3.05) is 7.11 Å². The molecule has 0 radical (unpaired) electrons. The highest BCUT2D eigenvalue weighted by Crippen LogP contribution is 2.21. The van der Waals surface area contributed by atoms with E-state index < -0.39 is 0 Å². The summed E-state index contributed by atoms with van der Waals surface area (Å²) in [6.45, 7) is 2.32. The monoisotopic (exact) mass is 298 g/mol. The number of hydrogen-bond donors (Lipinski definition) is 1. The van der Waals surface area contributed by atoms with Gasteiger partial charge in [0, 0.05) is 20.2 Å². The van der Waals surface area contributed by atoms with Crippen LogP contribution in [0.4, 0.5) is 0 Å². The lowest BCUT2D eigenvalue weighted by molar-refractivity contribution is 0.185. The Labute approximate surface area is 128 Å². The molecule has 0 bridgehead atoms. The van der Waals surface area contributed by atoms with Crippen molar-refractivity contribution in [2.45, 2.75) is 19.7 Å². The van der Waals surface area contributed by atoms with Gasteiger partial charge in [-0.1, -0.05) is 36.4 Å². The third-order valence-corrected chi connectivity index (χ3v) is 4.31. The molecule has 1 N–H and O–H groups in total. The summed E-state index contributed by atoms with van der Waals surface area (Å²) in [6, 6.07) is 16.8. The van der Waals surface area contributed by atoms with Crippen molar-refractivity contribution in [3.63, 3.8) is 0 Å². The molecule has 2 aromatic carbocycles. The Morgan fingerprint density at radius 3 is 2.52 bits per heavy atom. The molecule has 0 amide bonds. The number of para-hydroxylation sites is 1. The Morgan fingerprint density at radius 2 is 1.76 bits per heavy atom. The average Bonchev–Trinajstić information content (AvgIpc) is 2.92. The third-order valence-electron chi connectivity index (χ3n) is 3.28. The van der Waals surface area contributed by atoms with Crippen molar-refractivity contribution in [3.8, 4) is 0 Å². The second kappa shape index (κ2) is 6.80. The maximum atomic E-state index is 5.11. The molecule has 0 saturated heterocycles. The second-order valence-corrected chi connectivity index (χ2v) is 6.04. The first-order chi connectivity index (χ1) is 10.3. The van der Waals surface area contributed by atoms with E-state index in [4.69, 9.17) is 4.74 Å². The first-order valence-corrected chi connectivity index (χ1v) is 7.79. The summed E-state index contributed by atoms with van der Waals surface area (Å²) in [4.78, 5) is 4.62. The molecule has 0 aliphatic carbocycles. The lowest BCUT2D eigenvalue weighted by atomic mass is 10.1. The molecule has 1 aromatic heterocycles. The lowest BCUT2D eigenvalue weighted by Gasteiger charge is -2.04. The van der Waals surface area contributed by atoms with Crippen LogP contribution in [-0.4, -0.2) is 12.1 Å². The van der Waals surface area contributed by atoms with Crippen molar-refractivity contribution >= 4 is 21.6 Å². The molecule has 0 unspecified atom stereocenters. The zero-order valence-corrected chi connectivity index (χ0v) is 12.8. The van der Waals surface area contributed by atoms with E-state index in [1.54, 1.807) is 18.4 Å². The highest BCUT2D eigenvalue weighted by Gasteiger charge is 2.02. The summed E-state index contributed by atoms with van der Waals surface area (Å²) in [5, 5.41) is 4.58. The van der Waals surface area contributed by atoms with Gasteiger partial charge in [-0.25, -0.2) is 4.98 Å². The molecule has 4 heteroatoms. The van der Waals surface area contributed by atoms with E-state index in [-0.39, 0.29) is 0 Å². The van der Waals surface area contributed by atoms with E-state index in [1.165, 1.54) is 15.8 Å². The number of methoxy groups -OCH3 is 1. The van der Waals surface area contributed by atoms with Crippen molar-refractivity contribution in [2.24, 2.45) is 0 Å². The number of ether oxygens (including phenoxy) is 1. The van der Waals surface area contributed by atoms with Gasteiger partial charge >= 0.3 is 0 Å². The lowest BCUT2D eigenvalue weighted by Crippen LogP contribution is -2.12. The summed E-state index contributed by atoms with van der Waals surface area (Å²) in [6.07, 6.45) is 0. The van der Waals surface area contributed by atoms with Gasteiger partial charge in [-0.3, -0.25) is 0 Å². The minimum Gasteiger partial charge on any atom is -0.380 e. The topological polar surface area (TPSA) is 34.1 Å². The average molecular weight is 298 g/mol. The number of benzene rings is 2. The van der Waals surface area contributed by atoms with Crippen molar-refractivity contribution in [1.29, 1.82) is 0 Å². The molecule has 21 heavy (non-hydrogen) atoms. The fraction of sp³-hybridized carbons (Fsp3) is 0.235. The highest BCUT2D eigenvalue weighted by molar-refractivity contribution is 7.18. The number of nitrogens with zero attached hydrogens (tertiary/aromatic N) is 1. The molecule has 0 aliphatic rings. The van der Waals surface area contributed by atoms with E-state index in [2.05, 4.69) is 52.8 Å². The van der Waals surface area contributed by atoms with Crippen molar-refractivity contribution < 1.29 is 4.74 Å². The number of aromatic nitrogens is 1. The summed E-state index contributed by atoms with van der Waals surface area (Å²) in [5.74, 6) is 0. The second-order valence-electron chi connectivity index (χ2n) is 4.93. The summed E-state index contributed by atoms with van der Waals surface area (Å²) < 4.78 is 6.36. The van der Waals surface area contributed by atoms with Gasteiger partial charge in [0.15, 0.2) is 0 Å². The molecular formula is C17H18N2OS. The SMILES string of the molecule is COCc1ccc(CNCc2nc3ccccc3s2)cc1. The molecule has 1 heterocycles. The van der Waals surface area contributed by atoms with Gasteiger partial charge in [0.1, 0.15) is 5.01 Å². The zero-order valence-electron chi connectivity index (χ0n) is 12.0. The third kappa shape index (κ3) is 3.67. The van der Waals surface area contributed by atoms with Crippen LogP contribution in [0, 0.1) is 0 Å². The fourth-order valence-electron chi connectivity index (χ4n) is 2.23. The summed E-state index contributed by atoms with van der Waals surface area (Å²) >= 11 is 1.75. The molecular weight excluding hydrogens is 280 g/mol. The summed E-state index contributed by atoms with van der Waals surface area (Å²) in [5.41, 5.74) is 3.56. The molecule has 0 atom stereocenters. The Kier molecular flexibility index (Phi) is 4.60. The van der Waals surface area contributed by atoms with E-state index >= 15 is 0 Å². The highest BCUT2D eigenvalue weighted by atomic mass is 32.1. The van der Waals surface area contributed by atoms with E-state index in [9.17, 15) is 0 Å². The van der Waals surface area contributed by atoms with Crippen LogP contribution in [0.15, 0.2) is 48.5 Å². The van der Waals surface area contributed by atoms with Gasteiger partial charge in [-0.05, 0) is 23.3 Å². The van der Waals surface area contributed by atoms with E-state index in [1.807, 2.05) is 6.07 Å². The van der Waals surface area contributed by atoms with Gasteiger partial charge < -0.3 is 10.1 Å². The Balaban J connectivity index is 1.55. The number of fused-ring (bicyclic) bond motifs is 1. The standard InChI is InChI=1S/C17H18N2OS/c1-20-12-14-8-6-13(7-9-14)10-18-11-17-19-15-4-2-3-5-16(15)21-17/h2-9,18H,10-12H2,1H3. The zero-order chi connectivity index (χ0) is 14.5. The molecule has 108 valence electrons. The normalized spacial score (nSPS) is 11.1. The van der Waals surface area contributed by atoms with Gasteiger partial charge in [-0.2, -0.15) is 0 Å². The van der Waals surface area contributed by atoms with Gasteiger partial charge in [0.05, 0.1) is 16.8 Å². The number of hydrogen-bond acceptors (Lipinski definition) is 4. The minimum absolute atomic E-state index is 0.666. The molecule has 0 fully saturated rings. The van der Waals surface area contributed by atoms with E-state index in [0.717, 1.165) is 23.6 Å².